The van der Waals surface area contributed by atoms with Crippen LogP contribution < -0.4 is 10.6 Å². The van der Waals surface area contributed by atoms with Gasteiger partial charge in [0.05, 0.1) is 4.90 Å². The molecule has 0 spiro atoms. The number of guanidine groups is 1. The van der Waals surface area contributed by atoms with E-state index in [1.807, 2.05) is 6.07 Å². The van der Waals surface area contributed by atoms with Gasteiger partial charge in [0.2, 0.25) is 10.0 Å². The highest BCUT2D eigenvalue weighted by Gasteiger charge is 2.20. The molecule has 26 heavy (non-hydrogen) atoms. The third-order valence-electron chi connectivity index (χ3n) is 3.98. The minimum atomic E-state index is -3.49. The smallest absolute Gasteiger partial charge is 0.242 e. The Morgan fingerprint density at radius 1 is 1.00 bits per heavy atom. The van der Waals surface area contributed by atoms with Crippen LogP contribution in [0, 0.1) is 6.92 Å². The topological polar surface area (TPSA) is 73.8 Å². The number of aryl methyl sites for hydroxylation is 1. The lowest BCUT2D eigenvalue weighted by atomic mass is 10.1. The summed E-state index contributed by atoms with van der Waals surface area (Å²) in [7, 11) is 1.26. The standard InChI is InChI=1S/C19H26N4O2S/c1-15-9-11-16(12-10-15)13-21-19(20-2)22-14-17-7-5-6-8-18(17)26(24,25)23(3)4/h5-12H,13-14H2,1-4H3,(H2,20,21,22). The molecule has 0 heterocycles. The molecule has 2 rings (SSSR count). The summed E-state index contributed by atoms with van der Waals surface area (Å²) in [5.74, 6) is 0.614. The maximum atomic E-state index is 12.5. The molecule has 2 aromatic carbocycles. The molecule has 2 N–H and O–H groups in total. The average Bonchev–Trinajstić information content (AvgIpc) is 2.63. The molecule has 0 aliphatic heterocycles. The van der Waals surface area contributed by atoms with Crippen LogP contribution in [-0.4, -0.2) is 39.8 Å². The zero-order valence-electron chi connectivity index (χ0n) is 15.7. The van der Waals surface area contributed by atoms with Crippen molar-refractivity contribution in [1.82, 2.24) is 14.9 Å². The van der Waals surface area contributed by atoms with Crippen molar-refractivity contribution in [2.45, 2.75) is 24.9 Å². The van der Waals surface area contributed by atoms with Crippen molar-refractivity contribution in [3.05, 3.63) is 65.2 Å². The van der Waals surface area contributed by atoms with Crippen LogP contribution >= 0.6 is 0 Å². The Morgan fingerprint density at radius 2 is 1.62 bits per heavy atom. The van der Waals surface area contributed by atoms with Gasteiger partial charge in [-0.25, -0.2) is 12.7 Å². The molecule has 0 fully saturated rings. The zero-order valence-corrected chi connectivity index (χ0v) is 16.5. The second-order valence-corrected chi connectivity index (χ2v) is 8.28. The summed E-state index contributed by atoms with van der Waals surface area (Å²) in [5.41, 5.74) is 3.06. The van der Waals surface area contributed by atoms with E-state index in [1.165, 1.54) is 24.0 Å². The van der Waals surface area contributed by atoms with Crippen molar-refractivity contribution in [1.29, 1.82) is 0 Å². The fourth-order valence-electron chi connectivity index (χ4n) is 2.39. The van der Waals surface area contributed by atoms with Crippen LogP contribution in [0.15, 0.2) is 58.4 Å². The van der Waals surface area contributed by atoms with Gasteiger partial charge in [-0.3, -0.25) is 4.99 Å². The summed E-state index contributed by atoms with van der Waals surface area (Å²) in [6.45, 7) is 3.05. The summed E-state index contributed by atoms with van der Waals surface area (Å²) in [4.78, 5) is 4.49. The van der Waals surface area contributed by atoms with E-state index in [9.17, 15) is 8.42 Å². The van der Waals surface area contributed by atoms with Gasteiger partial charge in [-0.15, -0.1) is 0 Å². The minimum Gasteiger partial charge on any atom is -0.352 e. The predicted molar refractivity (Wildman–Crippen MR) is 106 cm³/mol. The lowest BCUT2D eigenvalue weighted by Gasteiger charge is -2.17. The highest BCUT2D eigenvalue weighted by Crippen LogP contribution is 2.18. The molecule has 0 radical (unpaired) electrons. The van der Waals surface area contributed by atoms with Gasteiger partial charge in [-0.05, 0) is 24.1 Å². The monoisotopic (exact) mass is 374 g/mol. The first-order chi connectivity index (χ1) is 12.3. The molecule has 0 aliphatic rings. The maximum Gasteiger partial charge on any atom is 0.242 e. The third kappa shape index (κ3) is 5.06. The van der Waals surface area contributed by atoms with Crippen molar-refractivity contribution in [3.63, 3.8) is 0 Å². The first kappa shape index (κ1) is 19.9. The molecule has 140 valence electrons. The van der Waals surface area contributed by atoms with E-state index in [4.69, 9.17) is 0 Å². The Kier molecular flexibility index (Phi) is 6.76. The van der Waals surface area contributed by atoms with E-state index < -0.39 is 10.0 Å². The average molecular weight is 375 g/mol. The predicted octanol–water partition coefficient (Wildman–Crippen LogP) is 2.11. The van der Waals surface area contributed by atoms with Crippen molar-refractivity contribution >= 4 is 16.0 Å². The summed E-state index contributed by atoms with van der Waals surface area (Å²) < 4.78 is 26.1. The van der Waals surface area contributed by atoms with Gasteiger partial charge in [0.1, 0.15) is 0 Å². The Balaban J connectivity index is 2.04. The molecule has 7 heteroatoms. The number of aliphatic imine (C=N–C) groups is 1. The van der Waals surface area contributed by atoms with Crippen LogP contribution in [0.3, 0.4) is 0 Å². The van der Waals surface area contributed by atoms with Crippen LogP contribution in [0.1, 0.15) is 16.7 Å². The molecule has 0 unspecified atom stereocenters. The Bertz CT molecular complexity index is 859. The molecule has 0 saturated carbocycles. The highest BCUT2D eigenvalue weighted by atomic mass is 32.2. The molecular weight excluding hydrogens is 348 g/mol. The van der Waals surface area contributed by atoms with Crippen LogP contribution in [0.25, 0.3) is 0 Å². The number of nitrogens with one attached hydrogen (secondary N) is 2. The van der Waals surface area contributed by atoms with Gasteiger partial charge >= 0.3 is 0 Å². The van der Waals surface area contributed by atoms with Gasteiger partial charge in [0, 0.05) is 34.2 Å². The second kappa shape index (κ2) is 8.82. The largest absolute Gasteiger partial charge is 0.352 e. The van der Waals surface area contributed by atoms with E-state index in [1.54, 1.807) is 25.2 Å². The molecule has 2 aromatic rings. The van der Waals surface area contributed by atoms with E-state index in [0.29, 0.717) is 29.5 Å². The second-order valence-electron chi connectivity index (χ2n) is 6.16. The Hall–Kier alpha value is -2.38. The minimum absolute atomic E-state index is 0.298. The first-order valence-electron chi connectivity index (χ1n) is 8.35. The van der Waals surface area contributed by atoms with Crippen LogP contribution in [0.5, 0.6) is 0 Å². The van der Waals surface area contributed by atoms with E-state index in [2.05, 4.69) is 46.8 Å². The van der Waals surface area contributed by atoms with E-state index in [-0.39, 0.29) is 0 Å². The lowest BCUT2D eigenvalue weighted by Crippen LogP contribution is -2.36. The van der Waals surface area contributed by atoms with Gasteiger partial charge in [-0.1, -0.05) is 48.0 Å². The van der Waals surface area contributed by atoms with E-state index >= 15 is 0 Å². The Morgan fingerprint density at radius 3 is 2.23 bits per heavy atom. The number of hydrogen-bond donors (Lipinski definition) is 2. The molecule has 0 saturated heterocycles. The number of benzene rings is 2. The van der Waals surface area contributed by atoms with Crippen LogP contribution in [-0.2, 0) is 23.1 Å². The highest BCUT2D eigenvalue weighted by molar-refractivity contribution is 7.89. The SMILES string of the molecule is CN=C(NCc1ccc(C)cc1)NCc1ccccc1S(=O)(=O)N(C)C. The first-order valence-corrected chi connectivity index (χ1v) is 9.79. The fourth-order valence-corrected chi connectivity index (χ4v) is 3.50. The van der Waals surface area contributed by atoms with Gasteiger partial charge in [0.25, 0.3) is 0 Å². The molecule has 0 aliphatic carbocycles. The van der Waals surface area contributed by atoms with Crippen molar-refractivity contribution in [2.75, 3.05) is 21.1 Å². The molecule has 6 nitrogen and oxygen atoms in total. The summed E-state index contributed by atoms with van der Waals surface area (Å²) >= 11 is 0. The summed E-state index contributed by atoms with van der Waals surface area (Å²) in [6, 6.07) is 15.2. The zero-order chi connectivity index (χ0) is 19.2. The van der Waals surface area contributed by atoms with E-state index in [0.717, 1.165) is 5.56 Å². The van der Waals surface area contributed by atoms with Gasteiger partial charge in [0.15, 0.2) is 5.96 Å². The lowest BCUT2D eigenvalue weighted by molar-refractivity contribution is 0.519. The molecular formula is C19H26N4O2S. The number of rotatable bonds is 6. The van der Waals surface area contributed by atoms with Crippen LogP contribution in [0.4, 0.5) is 0 Å². The molecule has 0 amide bonds. The van der Waals surface area contributed by atoms with Gasteiger partial charge < -0.3 is 10.6 Å². The Labute approximate surface area is 156 Å². The quantitative estimate of drug-likeness (QED) is 0.600. The number of sulfonamides is 1. The number of nitrogens with zero attached hydrogens (tertiary/aromatic N) is 2. The van der Waals surface area contributed by atoms with Crippen molar-refractivity contribution in [2.24, 2.45) is 4.99 Å². The van der Waals surface area contributed by atoms with Gasteiger partial charge in [-0.2, -0.15) is 0 Å². The molecule has 0 aromatic heterocycles. The van der Waals surface area contributed by atoms with Crippen LogP contribution in [0.2, 0.25) is 0 Å². The number of hydrogen-bond acceptors (Lipinski definition) is 3. The maximum absolute atomic E-state index is 12.5. The summed E-state index contributed by atoms with van der Waals surface area (Å²) in [6.07, 6.45) is 0. The third-order valence-corrected chi connectivity index (χ3v) is 5.90. The molecule has 0 atom stereocenters. The normalized spacial score (nSPS) is 12.3. The van der Waals surface area contributed by atoms with Crippen molar-refractivity contribution in [3.8, 4) is 0 Å². The summed E-state index contributed by atoms with van der Waals surface area (Å²) in [5, 5.41) is 6.41. The fraction of sp³-hybridized carbons (Fsp3) is 0.316. The van der Waals surface area contributed by atoms with Crippen molar-refractivity contribution < 1.29 is 8.42 Å². The molecule has 0 bridgehead atoms.